The topological polar surface area (TPSA) is 37.3 Å². The van der Waals surface area contributed by atoms with Crippen molar-refractivity contribution in [3.8, 4) is 0 Å². The average Bonchev–Trinajstić information content (AvgIpc) is 2.15. The van der Waals surface area contributed by atoms with E-state index in [1.54, 1.807) is 24.3 Å². The quantitative estimate of drug-likeness (QED) is 0.869. The Balaban J connectivity index is 2.71. The van der Waals surface area contributed by atoms with Crippen LogP contribution in [0, 0.1) is 5.92 Å². The Bertz CT molecular complexity index is 369. The lowest BCUT2D eigenvalue weighted by Gasteiger charge is -2.11. The Hall–Kier alpha value is -1.16. The number of hydrogen-bond donors (Lipinski definition) is 1. The molecule has 0 radical (unpaired) electrons. The van der Waals surface area contributed by atoms with Crippen LogP contribution < -0.4 is 0 Å². The van der Waals surface area contributed by atoms with Crippen LogP contribution in [0.2, 0.25) is 5.02 Å². The molecule has 5 heteroatoms. The summed E-state index contributed by atoms with van der Waals surface area (Å²) >= 11 is 5.72. The molecule has 88 valence electrons. The number of benzene rings is 1. The molecule has 0 aliphatic carbocycles. The first-order chi connectivity index (χ1) is 7.49. The summed E-state index contributed by atoms with van der Waals surface area (Å²) in [5, 5.41) is 9.26. The maximum absolute atomic E-state index is 12.1. The van der Waals surface area contributed by atoms with E-state index in [4.69, 9.17) is 16.7 Å². The third kappa shape index (κ3) is 4.14. The zero-order chi connectivity index (χ0) is 12.1. The van der Waals surface area contributed by atoms with Crippen molar-refractivity contribution in [3.05, 3.63) is 34.9 Å². The van der Waals surface area contributed by atoms with Crippen LogP contribution in [-0.2, 0) is 11.2 Å². The van der Waals surface area contributed by atoms with Crippen LogP contribution in [-0.4, -0.2) is 17.5 Å². The third-order valence-electron chi connectivity index (χ3n) is 2.18. The van der Waals surface area contributed by atoms with Crippen molar-refractivity contribution in [3.63, 3.8) is 0 Å². The molecule has 0 saturated carbocycles. The minimum atomic E-state index is -2.61. The highest BCUT2D eigenvalue weighted by atomic mass is 35.5. The summed E-state index contributed by atoms with van der Waals surface area (Å²) in [6.45, 7) is 0. The average molecular weight is 249 g/mol. The summed E-state index contributed by atoms with van der Waals surface area (Å²) in [6, 6.07) is 6.57. The van der Waals surface area contributed by atoms with Crippen LogP contribution in [0.3, 0.4) is 0 Å². The fourth-order valence-corrected chi connectivity index (χ4v) is 1.65. The molecule has 0 amide bonds. The van der Waals surface area contributed by atoms with Crippen LogP contribution in [0.15, 0.2) is 24.3 Å². The summed E-state index contributed by atoms with van der Waals surface area (Å²) in [7, 11) is 0. The fourth-order valence-electron chi connectivity index (χ4n) is 1.43. The number of carboxylic acids is 1. The lowest BCUT2D eigenvalue weighted by atomic mass is 9.96. The third-order valence-corrected chi connectivity index (χ3v) is 2.42. The molecule has 1 aromatic carbocycles. The SMILES string of the molecule is O=C(O)C(Cc1cccc(Cl)c1)CC(F)F. The largest absolute Gasteiger partial charge is 0.481 e. The number of carboxylic acid groups (broad SMARTS) is 1. The van der Waals surface area contributed by atoms with Gasteiger partial charge in [-0.2, -0.15) is 0 Å². The van der Waals surface area contributed by atoms with Gasteiger partial charge in [0.05, 0.1) is 5.92 Å². The zero-order valence-electron chi connectivity index (χ0n) is 8.37. The van der Waals surface area contributed by atoms with Crippen molar-refractivity contribution in [1.82, 2.24) is 0 Å². The zero-order valence-corrected chi connectivity index (χ0v) is 9.12. The summed E-state index contributed by atoms with van der Waals surface area (Å²) in [6.07, 6.45) is -3.18. The highest BCUT2D eigenvalue weighted by molar-refractivity contribution is 6.30. The van der Waals surface area contributed by atoms with E-state index >= 15 is 0 Å². The van der Waals surface area contributed by atoms with E-state index in [1.165, 1.54) is 0 Å². The van der Waals surface area contributed by atoms with Crippen LogP contribution in [0.5, 0.6) is 0 Å². The maximum atomic E-state index is 12.1. The molecule has 2 nitrogen and oxygen atoms in total. The van der Waals surface area contributed by atoms with Crippen molar-refractivity contribution in [2.75, 3.05) is 0 Å². The molecule has 0 spiro atoms. The van der Waals surface area contributed by atoms with Gasteiger partial charge in [-0.25, -0.2) is 8.78 Å². The first kappa shape index (κ1) is 12.9. The van der Waals surface area contributed by atoms with Crippen molar-refractivity contribution in [2.24, 2.45) is 5.92 Å². The molecule has 0 bridgehead atoms. The Morgan fingerprint density at radius 3 is 2.62 bits per heavy atom. The molecule has 0 fully saturated rings. The van der Waals surface area contributed by atoms with E-state index in [9.17, 15) is 13.6 Å². The minimum absolute atomic E-state index is 0.0697. The monoisotopic (exact) mass is 248 g/mol. The van der Waals surface area contributed by atoms with Gasteiger partial charge in [0, 0.05) is 11.4 Å². The van der Waals surface area contributed by atoms with Gasteiger partial charge in [-0.05, 0) is 24.1 Å². The van der Waals surface area contributed by atoms with Crippen molar-refractivity contribution < 1.29 is 18.7 Å². The highest BCUT2D eigenvalue weighted by Crippen LogP contribution is 2.19. The van der Waals surface area contributed by atoms with E-state index in [2.05, 4.69) is 0 Å². The van der Waals surface area contributed by atoms with Gasteiger partial charge >= 0.3 is 5.97 Å². The number of halogens is 3. The molecule has 1 aromatic rings. The molecule has 16 heavy (non-hydrogen) atoms. The van der Waals surface area contributed by atoms with Gasteiger partial charge in [-0.1, -0.05) is 23.7 Å². The van der Waals surface area contributed by atoms with Crippen molar-refractivity contribution in [1.29, 1.82) is 0 Å². The summed E-state index contributed by atoms with van der Waals surface area (Å²) in [5.41, 5.74) is 0.653. The minimum Gasteiger partial charge on any atom is -0.481 e. The molecule has 0 aliphatic rings. The van der Waals surface area contributed by atoms with Gasteiger partial charge < -0.3 is 5.11 Å². The second-order valence-corrected chi connectivity index (χ2v) is 3.93. The van der Waals surface area contributed by atoms with Crippen LogP contribution in [0.25, 0.3) is 0 Å². The number of alkyl halides is 2. The van der Waals surface area contributed by atoms with E-state index in [0.29, 0.717) is 10.6 Å². The van der Waals surface area contributed by atoms with E-state index in [-0.39, 0.29) is 6.42 Å². The van der Waals surface area contributed by atoms with Crippen molar-refractivity contribution in [2.45, 2.75) is 19.3 Å². The lowest BCUT2D eigenvalue weighted by Crippen LogP contribution is -2.19. The number of rotatable bonds is 5. The summed E-state index contributed by atoms with van der Waals surface area (Å²) < 4.78 is 24.3. The van der Waals surface area contributed by atoms with Crippen LogP contribution in [0.4, 0.5) is 8.78 Å². The van der Waals surface area contributed by atoms with Gasteiger partial charge in [0.15, 0.2) is 0 Å². The predicted molar refractivity (Wildman–Crippen MR) is 56.9 cm³/mol. The molecule has 1 atom stereocenters. The molecule has 0 heterocycles. The first-order valence-electron chi connectivity index (χ1n) is 4.74. The van der Waals surface area contributed by atoms with Crippen molar-refractivity contribution >= 4 is 17.6 Å². The molecule has 0 saturated heterocycles. The molecule has 1 unspecified atom stereocenters. The van der Waals surface area contributed by atoms with E-state index < -0.39 is 24.7 Å². The Labute approximate surface area is 96.8 Å². The van der Waals surface area contributed by atoms with Gasteiger partial charge in [0.1, 0.15) is 0 Å². The van der Waals surface area contributed by atoms with Gasteiger partial charge in [-0.15, -0.1) is 0 Å². The van der Waals surface area contributed by atoms with Crippen LogP contribution >= 0.6 is 11.6 Å². The molecule has 0 aromatic heterocycles. The second-order valence-electron chi connectivity index (χ2n) is 3.50. The van der Waals surface area contributed by atoms with E-state index in [1.807, 2.05) is 0 Å². The number of carbonyl (C=O) groups is 1. The molecule has 1 rings (SSSR count). The molecule has 0 aliphatic heterocycles. The standard InChI is InChI=1S/C11H11ClF2O2/c12-9-3-1-2-7(5-9)4-8(11(15)16)6-10(13)14/h1-3,5,8,10H,4,6H2,(H,15,16). The number of aliphatic carboxylic acids is 1. The molecular weight excluding hydrogens is 238 g/mol. The van der Waals surface area contributed by atoms with Gasteiger partial charge in [-0.3, -0.25) is 4.79 Å². The van der Waals surface area contributed by atoms with Gasteiger partial charge in [0.2, 0.25) is 6.43 Å². The second kappa shape index (κ2) is 5.80. The smallest absolute Gasteiger partial charge is 0.307 e. The number of hydrogen-bond acceptors (Lipinski definition) is 1. The fraction of sp³-hybridized carbons (Fsp3) is 0.364. The normalized spacial score (nSPS) is 12.8. The Morgan fingerprint density at radius 1 is 1.44 bits per heavy atom. The summed E-state index contributed by atoms with van der Waals surface area (Å²) in [5.74, 6) is -2.28. The lowest BCUT2D eigenvalue weighted by molar-refractivity contribution is -0.143. The van der Waals surface area contributed by atoms with Gasteiger partial charge in [0.25, 0.3) is 0 Å². The highest BCUT2D eigenvalue weighted by Gasteiger charge is 2.22. The Morgan fingerprint density at radius 2 is 2.12 bits per heavy atom. The summed E-state index contributed by atoms with van der Waals surface area (Å²) in [4.78, 5) is 10.8. The molecule has 1 N–H and O–H groups in total. The van der Waals surface area contributed by atoms with E-state index in [0.717, 1.165) is 0 Å². The maximum Gasteiger partial charge on any atom is 0.307 e. The molecular formula is C11H11ClF2O2. The predicted octanol–water partition coefficient (Wildman–Crippen LogP) is 3.24. The Kier molecular flexibility index (Phi) is 4.68. The van der Waals surface area contributed by atoms with Crippen LogP contribution in [0.1, 0.15) is 12.0 Å². The first-order valence-corrected chi connectivity index (χ1v) is 5.12.